The molecular formula is C15H24N2O. The van der Waals surface area contributed by atoms with E-state index in [9.17, 15) is 0 Å². The molecule has 3 heteroatoms. The molecule has 18 heavy (non-hydrogen) atoms. The average molecular weight is 248 g/mol. The molecule has 1 heterocycles. The van der Waals surface area contributed by atoms with E-state index in [1.807, 2.05) is 6.92 Å². The SMILES string of the molecule is CCOc1cc(C)ccc1NC1CC(C)N(C)C1. The lowest BCUT2D eigenvalue weighted by molar-refractivity contribution is 0.329. The Bertz CT molecular complexity index is 395. The number of nitrogens with zero attached hydrogens (tertiary/aromatic N) is 1. The lowest BCUT2D eigenvalue weighted by Gasteiger charge is -2.17. The maximum absolute atomic E-state index is 5.71. The number of ether oxygens (including phenoxy) is 1. The number of benzene rings is 1. The third-order valence-corrected chi connectivity index (χ3v) is 3.68. The standard InChI is InChI=1S/C15H24N2O/c1-5-18-15-8-11(2)6-7-14(15)16-13-9-12(3)17(4)10-13/h6-8,12-13,16H,5,9-10H2,1-4H3. The topological polar surface area (TPSA) is 24.5 Å². The molecule has 2 rings (SSSR count). The predicted octanol–water partition coefficient (Wildman–Crippen LogP) is 2.90. The van der Waals surface area contributed by atoms with Crippen molar-refractivity contribution in [3.63, 3.8) is 0 Å². The second-order valence-corrected chi connectivity index (χ2v) is 5.30. The van der Waals surface area contributed by atoms with Crippen LogP contribution in [0.25, 0.3) is 0 Å². The third kappa shape index (κ3) is 2.96. The number of nitrogens with one attached hydrogen (secondary N) is 1. The van der Waals surface area contributed by atoms with Crippen LogP contribution in [-0.2, 0) is 0 Å². The maximum atomic E-state index is 5.71. The van der Waals surface area contributed by atoms with Crippen molar-refractivity contribution in [3.05, 3.63) is 23.8 Å². The largest absolute Gasteiger partial charge is 0.492 e. The van der Waals surface area contributed by atoms with Crippen molar-refractivity contribution in [1.29, 1.82) is 0 Å². The minimum Gasteiger partial charge on any atom is -0.492 e. The van der Waals surface area contributed by atoms with E-state index in [1.165, 1.54) is 12.0 Å². The zero-order valence-electron chi connectivity index (χ0n) is 11.9. The first kappa shape index (κ1) is 13.2. The van der Waals surface area contributed by atoms with Crippen LogP contribution in [-0.4, -0.2) is 37.2 Å². The van der Waals surface area contributed by atoms with Crippen molar-refractivity contribution < 1.29 is 4.74 Å². The minimum atomic E-state index is 0.520. The van der Waals surface area contributed by atoms with Crippen molar-refractivity contribution in [1.82, 2.24) is 4.90 Å². The van der Waals surface area contributed by atoms with Crippen LogP contribution in [0.2, 0.25) is 0 Å². The van der Waals surface area contributed by atoms with Crippen molar-refractivity contribution in [3.8, 4) is 5.75 Å². The van der Waals surface area contributed by atoms with Gasteiger partial charge in [0.1, 0.15) is 5.75 Å². The molecule has 0 radical (unpaired) electrons. The van der Waals surface area contributed by atoms with Crippen LogP contribution >= 0.6 is 0 Å². The molecule has 100 valence electrons. The number of likely N-dealkylation sites (tertiary alicyclic amines) is 1. The first-order chi connectivity index (χ1) is 8.60. The van der Waals surface area contributed by atoms with Gasteiger partial charge in [-0.2, -0.15) is 0 Å². The van der Waals surface area contributed by atoms with E-state index in [1.54, 1.807) is 0 Å². The normalized spacial score (nSPS) is 24.2. The summed E-state index contributed by atoms with van der Waals surface area (Å²) in [4.78, 5) is 2.40. The highest BCUT2D eigenvalue weighted by atomic mass is 16.5. The van der Waals surface area contributed by atoms with Gasteiger partial charge in [-0.1, -0.05) is 6.07 Å². The summed E-state index contributed by atoms with van der Waals surface area (Å²) in [5.74, 6) is 0.972. The highest BCUT2D eigenvalue weighted by molar-refractivity contribution is 5.58. The molecule has 1 N–H and O–H groups in total. The lowest BCUT2D eigenvalue weighted by Crippen LogP contribution is -2.25. The van der Waals surface area contributed by atoms with Crippen LogP contribution < -0.4 is 10.1 Å². The van der Waals surface area contributed by atoms with Gasteiger partial charge in [0.15, 0.2) is 0 Å². The first-order valence-electron chi connectivity index (χ1n) is 6.80. The quantitative estimate of drug-likeness (QED) is 0.886. The summed E-state index contributed by atoms with van der Waals surface area (Å²) in [6.45, 7) is 8.20. The highest BCUT2D eigenvalue weighted by Gasteiger charge is 2.26. The van der Waals surface area contributed by atoms with Crippen LogP contribution in [0.3, 0.4) is 0 Å². The summed E-state index contributed by atoms with van der Waals surface area (Å²) < 4.78 is 5.71. The zero-order valence-corrected chi connectivity index (χ0v) is 11.9. The summed E-state index contributed by atoms with van der Waals surface area (Å²) in [6, 6.07) is 7.54. The van der Waals surface area contributed by atoms with Crippen molar-refractivity contribution in [2.24, 2.45) is 0 Å². The number of hydrogen-bond donors (Lipinski definition) is 1. The van der Waals surface area contributed by atoms with Gasteiger partial charge in [0.25, 0.3) is 0 Å². The number of aryl methyl sites for hydroxylation is 1. The molecule has 0 amide bonds. The highest BCUT2D eigenvalue weighted by Crippen LogP contribution is 2.28. The Hall–Kier alpha value is -1.22. The van der Waals surface area contributed by atoms with Crippen molar-refractivity contribution >= 4 is 5.69 Å². The molecule has 1 aliphatic heterocycles. The predicted molar refractivity (Wildman–Crippen MR) is 76.5 cm³/mol. The number of anilines is 1. The lowest BCUT2D eigenvalue weighted by atomic mass is 10.1. The molecule has 0 aromatic heterocycles. The second-order valence-electron chi connectivity index (χ2n) is 5.30. The number of hydrogen-bond acceptors (Lipinski definition) is 3. The fraction of sp³-hybridized carbons (Fsp3) is 0.600. The van der Waals surface area contributed by atoms with Gasteiger partial charge in [-0.3, -0.25) is 0 Å². The van der Waals surface area contributed by atoms with Crippen LogP contribution in [0.15, 0.2) is 18.2 Å². The number of rotatable bonds is 4. The van der Waals surface area contributed by atoms with E-state index in [2.05, 4.69) is 49.3 Å². The molecule has 2 atom stereocenters. The molecule has 1 fully saturated rings. The molecule has 1 aliphatic rings. The molecule has 0 saturated carbocycles. The van der Waals surface area contributed by atoms with Gasteiger partial charge in [-0.25, -0.2) is 0 Å². The second kappa shape index (κ2) is 5.61. The summed E-state index contributed by atoms with van der Waals surface area (Å²) in [7, 11) is 2.19. The van der Waals surface area contributed by atoms with Gasteiger partial charge in [-0.15, -0.1) is 0 Å². The molecule has 2 unspecified atom stereocenters. The molecule has 3 nitrogen and oxygen atoms in total. The fourth-order valence-corrected chi connectivity index (χ4v) is 2.54. The van der Waals surface area contributed by atoms with E-state index in [4.69, 9.17) is 4.74 Å². The smallest absolute Gasteiger partial charge is 0.142 e. The Kier molecular flexibility index (Phi) is 4.12. The van der Waals surface area contributed by atoms with Crippen LogP contribution in [0.5, 0.6) is 5.75 Å². The van der Waals surface area contributed by atoms with Gasteiger partial charge < -0.3 is 15.0 Å². The summed E-state index contributed by atoms with van der Waals surface area (Å²) in [6.07, 6.45) is 1.19. The van der Waals surface area contributed by atoms with E-state index in [0.29, 0.717) is 18.7 Å². The minimum absolute atomic E-state index is 0.520. The average Bonchev–Trinajstić information content (AvgIpc) is 2.62. The van der Waals surface area contributed by atoms with E-state index >= 15 is 0 Å². The summed E-state index contributed by atoms with van der Waals surface area (Å²) >= 11 is 0. The monoisotopic (exact) mass is 248 g/mol. The Labute approximate surface area is 110 Å². The molecule has 1 aromatic carbocycles. The Morgan fingerprint density at radius 2 is 2.22 bits per heavy atom. The Balaban J connectivity index is 2.09. The molecule has 0 spiro atoms. The van der Waals surface area contributed by atoms with Gasteiger partial charge in [0.05, 0.1) is 12.3 Å². The van der Waals surface area contributed by atoms with Crippen LogP contribution in [0.4, 0.5) is 5.69 Å². The fourth-order valence-electron chi connectivity index (χ4n) is 2.54. The number of likely N-dealkylation sites (N-methyl/N-ethyl adjacent to an activating group) is 1. The maximum Gasteiger partial charge on any atom is 0.142 e. The van der Waals surface area contributed by atoms with E-state index in [0.717, 1.165) is 18.0 Å². The van der Waals surface area contributed by atoms with Gasteiger partial charge in [0, 0.05) is 18.6 Å². The van der Waals surface area contributed by atoms with Crippen LogP contribution in [0, 0.1) is 6.92 Å². The molecular weight excluding hydrogens is 224 g/mol. The summed E-state index contributed by atoms with van der Waals surface area (Å²) in [5, 5.41) is 3.62. The van der Waals surface area contributed by atoms with Gasteiger partial charge in [0.2, 0.25) is 0 Å². The van der Waals surface area contributed by atoms with E-state index < -0.39 is 0 Å². The molecule has 0 aliphatic carbocycles. The van der Waals surface area contributed by atoms with Crippen molar-refractivity contribution in [2.45, 2.75) is 39.3 Å². The first-order valence-corrected chi connectivity index (χ1v) is 6.80. The summed E-state index contributed by atoms with van der Waals surface area (Å²) in [5.41, 5.74) is 2.36. The van der Waals surface area contributed by atoms with E-state index in [-0.39, 0.29) is 0 Å². The Morgan fingerprint density at radius 1 is 1.44 bits per heavy atom. The third-order valence-electron chi connectivity index (χ3n) is 3.68. The molecule has 0 bridgehead atoms. The van der Waals surface area contributed by atoms with Crippen molar-refractivity contribution in [2.75, 3.05) is 25.5 Å². The van der Waals surface area contributed by atoms with Gasteiger partial charge in [-0.05, 0) is 51.9 Å². The molecule has 1 aromatic rings. The van der Waals surface area contributed by atoms with Crippen LogP contribution in [0.1, 0.15) is 25.8 Å². The zero-order chi connectivity index (χ0) is 13.1. The Morgan fingerprint density at radius 3 is 2.83 bits per heavy atom. The molecule has 1 saturated heterocycles. The van der Waals surface area contributed by atoms with Gasteiger partial charge >= 0.3 is 0 Å².